The third kappa shape index (κ3) is 6.98. The number of benzene rings is 3. The van der Waals surface area contributed by atoms with Gasteiger partial charge in [-0.2, -0.15) is 0 Å². The van der Waals surface area contributed by atoms with Crippen LogP contribution in [0.3, 0.4) is 0 Å². The highest BCUT2D eigenvalue weighted by Crippen LogP contribution is 2.24. The molecule has 0 unspecified atom stereocenters. The second-order valence-corrected chi connectivity index (χ2v) is 8.93. The van der Waals surface area contributed by atoms with E-state index in [9.17, 15) is 9.59 Å². The van der Waals surface area contributed by atoms with Crippen molar-refractivity contribution in [1.29, 1.82) is 0 Å². The number of hydrogen-bond donors (Lipinski definition) is 1. The first-order valence-electron chi connectivity index (χ1n) is 12.0. The lowest BCUT2D eigenvalue weighted by Gasteiger charge is -2.12. The lowest BCUT2D eigenvalue weighted by molar-refractivity contribution is -0.113. The number of aryl methyl sites for hydroxylation is 1. The molecule has 0 saturated carbocycles. The van der Waals surface area contributed by atoms with Crippen molar-refractivity contribution in [2.24, 2.45) is 0 Å². The van der Waals surface area contributed by atoms with Gasteiger partial charge in [0.15, 0.2) is 11.0 Å². The summed E-state index contributed by atoms with van der Waals surface area (Å²) >= 11 is 1.28. The predicted molar refractivity (Wildman–Crippen MR) is 143 cm³/mol. The van der Waals surface area contributed by atoms with E-state index >= 15 is 0 Å². The number of carbonyl (C=O) groups excluding carboxylic acids is 2. The Morgan fingerprint density at radius 2 is 1.65 bits per heavy atom. The summed E-state index contributed by atoms with van der Waals surface area (Å²) < 4.78 is 12.8. The van der Waals surface area contributed by atoms with Crippen LogP contribution in [0.4, 0.5) is 5.69 Å². The molecule has 4 aromatic rings. The minimum atomic E-state index is -0.394. The van der Waals surface area contributed by atoms with E-state index in [0.717, 1.165) is 17.9 Å². The van der Waals surface area contributed by atoms with Gasteiger partial charge >= 0.3 is 5.97 Å². The summed E-state index contributed by atoms with van der Waals surface area (Å²) in [7, 11) is 0. The first kappa shape index (κ1) is 26.0. The molecule has 0 radical (unpaired) electrons. The fourth-order valence-electron chi connectivity index (χ4n) is 3.52. The minimum absolute atomic E-state index is 0.129. The third-order valence-electron chi connectivity index (χ3n) is 5.43. The van der Waals surface area contributed by atoms with Gasteiger partial charge < -0.3 is 14.8 Å². The van der Waals surface area contributed by atoms with E-state index in [1.165, 1.54) is 17.3 Å². The number of hydrogen-bond acceptors (Lipinski definition) is 7. The molecule has 37 heavy (non-hydrogen) atoms. The van der Waals surface area contributed by atoms with Crippen LogP contribution in [0.1, 0.15) is 35.6 Å². The van der Waals surface area contributed by atoms with Crippen molar-refractivity contribution in [3.63, 3.8) is 0 Å². The monoisotopic (exact) mass is 516 g/mol. The van der Waals surface area contributed by atoms with Crippen molar-refractivity contribution in [3.05, 3.63) is 95.8 Å². The van der Waals surface area contributed by atoms with Crippen LogP contribution >= 0.6 is 11.8 Å². The van der Waals surface area contributed by atoms with Gasteiger partial charge in [-0.3, -0.25) is 9.36 Å². The molecule has 0 atom stereocenters. The number of ether oxygens (including phenoxy) is 2. The Balaban J connectivity index is 1.45. The van der Waals surface area contributed by atoms with Crippen LogP contribution < -0.4 is 10.1 Å². The highest BCUT2D eigenvalue weighted by molar-refractivity contribution is 7.99. The first-order chi connectivity index (χ1) is 18.1. The molecule has 1 aromatic heterocycles. The van der Waals surface area contributed by atoms with Gasteiger partial charge in [0, 0.05) is 11.4 Å². The van der Waals surface area contributed by atoms with Crippen LogP contribution in [0.2, 0.25) is 0 Å². The van der Waals surface area contributed by atoms with Crippen molar-refractivity contribution in [2.75, 3.05) is 17.7 Å². The molecule has 9 heteroatoms. The number of anilines is 1. The Kier molecular flexibility index (Phi) is 8.93. The summed E-state index contributed by atoms with van der Waals surface area (Å²) in [4.78, 5) is 24.5. The Morgan fingerprint density at radius 3 is 2.32 bits per heavy atom. The van der Waals surface area contributed by atoms with E-state index < -0.39 is 5.97 Å². The lowest BCUT2D eigenvalue weighted by atomic mass is 10.1. The Labute approximate surface area is 220 Å². The molecule has 0 aliphatic carbocycles. The summed E-state index contributed by atoms with van der Waals surface area (Å²) in [6.45, 7) is 4.40. The van der Waals surface area contributed by atoms with Crippen molar-refractivity contribution in [2.45, 2.75) is 32.0 Å². The van der Waals surface area contributed by atoms with E-state index in [-0.39, 0.29) is 18.3 Å². The van der Waals surface area contributed by atoms with Gasteiger partial charge in [-0.1, -0.05) is 49.0 Å². The Morgan fingerprint density at radius 1 is 0.919 bits per heavy atom. The van der Waals surface area contributed by atoms with Crippen LogP contribution in [0.15, 0.2) is 84.0 Å². The molecule has 0 bridgehead atoms. The number of para-hydroxylation sites is 1. The zero-order chi connectivity index (χ0) is 26.0. The fourth-order valence-corrected chi connectivity index (χ4v) is 4.29. The molecule has 3 aromatic carbocycles. The van der Waals surface area contributed by atoms with E-state index in [4.69, 9.17) is 9.47 Å². The maximum absolute atomic E-state index is 12.7. The zero-order valence-electron chi connectivity index (χ0n) is 20.7. The summed E-state index contributed by atoms with van der Waals surface area (Å²) in [5, 5.41) is 12.1. The van der Waals surface area contributed by atoms with Gasteiger partial charge in [-0.15, -0.1) is 10.2 Å². The number of carbonyl (C=O) groups is 2. The van der Waals surface area contributed by atoms with E-state index in [1.54, 1.807) is 31.2 Å². The van der Waals surface area contributed by atoms with Crippen molar-refractivity contribution in [3.8, 4) is 11.4 Å². The molecule has 0 fully saturated rings. The SMILES string of the molecule is CCOC(=O)c1ccc(NC(=O)CSc2nnc(COc3ccccc3)n2-c2ccc(CC)cc2)cc1. The Hall–Kier alpha value is -4.11. The number of rotatable bonds is 11. The molecule has 0 aliphatic rings. The molecule has 0 aliphatic heterocycles. The van der Waals surface area contributed by atoms with Crippen molar-refractivity contribution >= 4 is 29.3 Å². The van der Waals surface area contributed by atoms with E-state index in [0.29, 0.717) is 28.8 Å². The van der Waals surface area contributed by atoms with Crippen LogP contribution in [-0.2, 0) is 22.6 Å². The van der Waals surface area contributed by atoms with Gasteiger partial charge in [-0.25, -0.2) is 4.79 Å². The number of thioether (sulfide) groups is 1. The standard InChI is InChI=1S/C28H28N4O4S/c1-3-20-10-16-23(17-11-20)32-25(18-36-24-8-6-5-7-9-24)30-31-28(32)37-19-26(33)29-22-14-12-21(13-15-22)27(34)35-4-2/h5-17H,3-4,18-19H2,1-2H3,(H,29,33). The van der Waals surface area contributed by atoms with Gasteiger partial charge in [0.2, 0.25) is 5.91 Å². The molecular weight excluding hydrogens is 488 g/mol. The Bertz CT molecular complexity index is 1320. The average Bonchev–Trinajstić information content (AvgIpc) is 3.34. The molecule has 0 saturated heterocycles. The number of nitrogens with one attached hydrogen (secondary N) is 1. The highest BCUT2D eigenvalue weighted by Gasteiger charge is 2.17. The molecule has 1 amide bonds. The minimum Gasteiger partial charge on any atom is -0.486 e. The number of nitrogens with zero attached hydrogens (tertiary/aromatic N) is 3. The second kappa shape index (κ2) is 12.7. The van der Waals surface area contributed by atoms with Crippen LogP contribution in [0, 0.1) is 0 Å². The first-order valence-corrected chi connectivity index (χ1v) is 13.0. The van der Waals surface area contributed by atoms with Gasteiger partial charge in [-0.05, 0) is 67.4 Å². The molecule has 1 heterocycles. The quantitative estimate of drug-likeness (QED) is 0.213. The molecule has 0 spiro atoms. The number of aromatic nitrogens is 3. The lowest BCUT2D eigenvalue weighted by Crippen LogP contribution is -2.15. The molecule has 1 N–H and O–H groups in total. The van der Waals surface area contributed by atoms with E-state index in [1.807, 2.05) is 47.0 Å². The van der Waals surface area contributed by atoms with E-state index in [2.05, 4.69) is 34.6 Å². The zero-order valence-corrected chi connectivity index (χ0v) is 21.5. The highest BCUT2D eigenvalue weighted by atomic mass is 32.2. The maximum atomic E-state index is 12.7. The third-order valence-corrected chi connectivity index (χ3v) is 6.36. The average molecular weight is 517 g/mol. The fraction of sp³-hybridized carbons (Fsp3) is 0.214. The topological polar surface area (TPSA) is 95.3 Å². The molecular formula is C28H28N4O4S. The van der Waals surface area contributed by atoms with Gasteiger partial charge in [0.25, 0.3) is 0 Å². The molecule has 8 nitrogen and oxygen atoms in total. The maximum Gasteiger partial charge on any atom is 0.338 e. The van der Waals surface area contributed by atoms with Crippen LogP contribution in [-0.4, -0.2) is 39.0 Å². The number of esters is 1. The molecule has 4 rings (SSSR count). The smallest absolute Gasteiger partial charge is 0.338 e. The number of amides is 1. The second-order valence-electron chi connectivity index (χ2n) is 7.99. The molecule has 190 valence electrons. The van der Waals surface area contributed by atoms with Gasteiger partial charge in [0.05, 0.1) is 17.9 Å². The van der Waals surface area contributed by atoms with Crippen molar-refractivity contribution in [1.82, 2.24) is 14.8 Å². The largest absolute Gasteiger partial charge is 0.486 e. The van der Waals surface area contributed by atoms with Crippen LogP contribution in [0.5, 0.6) is 5.75 Å². The summed E-state index contributed by atoms with van der Waals surface area (Å²) in [6, 6.07) is 24.3. The summed E-state index contributed by atoms with van der Waals surface area (Å²) in [5.74, 6) is 0.900. The predicted octanol–water partition coefficient (Wildman–Crippen LogP) is 5.32. The summed E-state index contributed by atoms with van der Waals surface area (Å²) in [6.07, 6.45) is 0.939. The van der Waals surface area contributed by atoms with Crippen molar-refractivity contribution < 1.29 is 19.1 Å². The van der Waals surface area contributed by atoms with Crippen LogP contribution in [0.25, 0.3) is 5.69 Å². The normalized spacial score (nSPS) is 10.6. The van der Waals surface area contributed by atoms with Gasteiger partial charge in [0.1, 0.15) is 12.4 Å². The summed E-state index contributed by atoms with van der Waals surface area (Å²) in [5.41, 5.74) is 3.14.